The van der Waals surface area contributed by atoms with Gasteiger partial charge in [-0.05, 0) is 25.7 Å². The van der Waals surface area contributed by atoms with Crippen LogP contribution in [0.25, 0.3) is 0 Å². The van der Waals surface area contributed by atoms with Crippen molar-refractivity contribution in [2.75, 3.05) is 33.5 Å². The van der Waals surface area contributed by atoms with Crippen molar-refractivity contribution in [1.82, 2.24) is 10.6 Å². The van der Waals surface area contributed by atoms with Crippen LogP contribution in [0, 0.1) is 0 Å². The van der Waals surface area contributed by atoms with Gasteiger partial charge in [-0.2, -0.15) is 4.31 Å². The Bertz CT molecular complexity index is 2350. The molecule has 0 aromatic rings. The maximum Gasteiger partial charge on any atom is 0.481 e. The number of hydrogen-bond donors (Lipinski definition) is 12. The van der Waals surface area contributed by atoms with Crippen LogP contribution in [-0.4, -0.2) is 188 Å². The number of phosphoric ester groups is 3. The van der Waals surface area contributed by atoms with E-state index in [1.165, 1.54) is 20.0 Å². The molecule has 2 heterocycles. The number of aliphatic hydroxyl groups excluding tert-OH is 5. The van der Waals surface area contributed by atoms with Crippen molar-refractivity contribution in [2.24, 2.45) is 5.73 Å². The second-order valence-corrected chi connectivity index (χ2v) is 32.4. The van der Waals surface area contributed by atoms with Crippen molar-refractivity contribution >= 4 is 47.2 Å². The summed E-state index contributed by atoms with van der Waals surface area (Å²) in [5.41, 5.74) is 5.43. The number of phosphoric acid groups is 3. The quantitative estimate of drug-likeness (QED) is 0.0153. The van der Waals surface area contributed by atoms with Crippen LogP contribution in [0.2, 0.25) is 0 Å². The summed E-state index contributed by atoms with van der Waals surface area (Å²) in [4.78, 5) is 98.9. The highest BCUT2D eigenvalue weighted by molar-refractivity contribution is 7.61. The lowest BCUT2D eigenvalue weighted by Crippen LogP contribution is -2.68. The summed E-state index contributed by atoms with van der Waals surface area (Å²) in [5, 5.41) is 62.2. The fourth-order valence-corrected chi connectivity index (χ4v) is 15.6. The van der Waals surface area contributed by atoms with Crippen molar-refractivity contribution in [3.8, 4) is 0 Å². The Balaban J connectivity index is 2.72. The maximum absolute atomic E-state index is 14.4. The zero-order valence-electron chi connectivity index (χ0n) is 62.9. The van der Waals surface area contributed by atoms with Crippen molar-refractivity contribution in [2.45, 2.75) is 396 Å². The molecule has 0 spiro atoms. The number of esters is 2. The molecule has 2 aliphatic heterocycles. The molecule has 2 saturated heterocycles. The van der Waals surface area contributed by atoms with Crippen LogP contribution >= 0.6 is 23.5 Å². The lowest BCUT2D eigenvalue weighted by molar-refractivity contribution is -0.297. The van der Waals surface area contributed by atoms with Crippen LogP contribution in [-0.2, 0) is 79.2 Å². The third-order valence-electron chi connectivity index (χ3n) is 18.6. The molecule has 16 atom stereocenters. The number of amides is 2. The molecule has 0 saturated carbocycles. The summed E-state index contributed by atoms with van der Waals surface area (Å²) < 4.78 is 95.7. The third-order valence-corrected chi connectivity index (χ3v) is 21.7. The molecule has 0 aromatic carbocycles. The monoisotopic (exact) mass is 1540 g/mol. The van der Waals surface area contributed by atoms with Gasteiger partial charge in [-0.25, -0.2) is 13.7 Å². The van der Waals surface area contributed by atoms with Crippen molar-refractivity contribution < 1.29 is 124 Å². The summed E-state index contributed by atoms with van der Waals surface area (Å²) in [5.74, 6) is -4.13. The molecule has 2 fully saturated rings. The summed E-state index contributed by atoms with van der Waals surface area (Å²) in [6.07, 6.45) is 12.4. The molecule has 2 rings (SSSR count). The second-order valence-electron chi connectivity index (χ2n) is 28.2. The Hall–Kier alpha value is -2.15. The van der Waals surface area contributed by atoms with Gasteiger partial charge >= 0.3 is 35.4 Å². The summed E-state index contributed by atoms with van der Waals surface area (Å²) in [6.45, 7) is 5.99. The summed E-state index contributed by atoms with van der Waals surface area (Å²) in [6, 6.07) is -3.87. The molecule has 29 nitrogen and oxygen atoms in total. The lowest BCUT2D eigenvalue weighted by atomic mass is 9.95. The number of carbonyl (C=O) groups excluding carboxylic acids is 4. The van der Waals surface area contributed by atoms with Gasteiger partial charge in [0.2, 0.25) is 11.8 Å². The minimum absolute atomic E-state index is 0.153. The maximum atomic E-state index is 14.4. The van der Waals surface area contributed by atoms with Crippen molar-refractivity contribution in [3.05, 3.63) is 0 Å². The normalized spacial score (nSPS) is 23.3. The molecule has 103 heavy (non-hydrogen) atoms. The number of hydrogen-bond acceptors (Lipinski definition) is 23. The Morgan fingerprint density at radius 3 is 1.14 bits per heavy atom. The van der Waals surface area contributed by atoms with E-state index in [2.05, 4.69) is 42.6 Å². The first-order chi connectivity index (χ1) is 49.2. The van der Waals surface area contributed by atoms with Crippen LogP contribution in [0.4, 0.5) is 0 Å². The Labute approximate surface area is 614 Å². The average molecular weight is 1540 g/mol. The molecule has 13 N–H and O–H groups in total. The topological polar surface area (TPSA) is 444 Å². The van der Waals surface area contributed by atoms with E-state index in [1.807, 2.05) is 0 Å². The Morgan fingerprint density at radius 1 is 0.437 bits per heavy atom. The summed E-state index contributed by atoms with van der Waals surface area (Å²) in [7, 11) is -15.8. The standard InChI is InChI=1S/C71H138N3O26P3/c1-6-10-14-18-22-26-30-34-38-42-54(75)48-60(79)73-64-68(96-62(81)50-56(77)44-40-36-32-28-24-20-16-12-8-3)66(83)58(94-71(64)99-101(84,85)86)53-92-70-65(74-61(80)49-55(76)43-39-35-31-27-23-19-15-11-7-2)69(97-63(82)51-57(78)45-41-37-33-29-25-21-17-13-9-4)67(59(95-70)52-91-5)98-103(89,90)100-102(87,88)93-47-46-72/h54-59,64-71,75-78,83H,6-53,72H2,1-5H3,(H,73,79)(H,74,80)(H,87,88)(H,89,90)(H2,84,85,86)/t54-,55-,56-,57-,58?,59-,64?,65?,66-,67-,68?,69?,70-,71-/m1/s1. The fraction of sp³-hybridized carbons (Fsp3) is 0.944. The van der Waals surface area contributed by atoms with E-state index in [9.17, 15) is 78.0 Å². The van der Waals surface area contributed by atoms with E-state index < -0.39 is 178 Å². The van der Waals surface area contributed by atoms with Gasteiger partial charge in [0, 0.05) is 13.7 Å². The molecular weight excluding hydrogens is 1400 g/mol. The number of ether oxygens (including phenoxy) is 6. The zero-order valence-corrected chi connectivity index (χ0v) is 65.6. The van der Waals surface area contributed by atoms with Crippen LogP contribution in [0.15, 0.2) is 0 Å². The highest BCUT2D eigenvalue weighted by Gasteiger charge is 2.56. The van der Waals surface area contributed by atoms with Crippen LogP contribution < -0.4 is 16.4 Å². The van der Waals surface area contributed by atoms with E-state index >= 15 is 0 Å². The Kier molecular flexibility index (Phi) is 54.5. The van der Waals surface area contributed by atoms with Crippen molar-refractivity contribution in [1.29, 1.82) is 0 Å². The first-order valence-corrected chi connectivity index (χ1v) is 43.7. The van der Waals surface area contributed by atoms with Gasteiger partial charge in [0.25, 0.3) is 0 Å². The van der Waals surface area contributed by atoms with Crippen LogP contribution in [0.5, 0.6) is 0 Å². The van der Waals surface area contributed by atoms with E-state index in [0.29, 0.717) is 25.7 Å². The van der Waals surface area contributed by atoms with Gasteiger partial charge in [0.1, 0.15) is 36.5 Å². The zero-order chi connectivity index (χ0) is 76.3. The molecule has 0 aliphatic carbocycles. The molecule has 608 valence electrons. The molecule has 2 amide bonds. The number of aliphatic hydroxyl groups is 5. The predicted octanol–water partition coefficient (Wildman–Crippen LogP) is 11.6. The van der Waals surface area contributed by atoms with E-state index in [4.69, 9.17) is 47.7 Å². The van der Waals surface area contributed by atoms with E-state index in [0.717, 1.165) is 193 Å². The number of methoxy groups -OCH3 is 1. The third kappa shape index (κ3) is 46.8. The van der Waals surface area contributed by atoms with Crippen LogP contribution in [0.1, 0.15) is 310 Å². The van der Waals surface area contributed by atoms with Gasteiger partial charge in [0.05, 0.1) is 69.9 Å². The van der Waals surface area contributed by atoms with E-state index in [1.54, 1.807) is 0 Å². The fourth-order valence-electron chi connectivity index (χ4n) is 12.9. The number of rotatable bonds is 66. The molecule has 0 bridgehead atoms. The number of nitrogens with one attached hydrogen (secondary N) is 2. The minimum atomic E-state index is -5.89. The SMILES string of the molecule is CCCCCCCCCCC[C@@H](O)CC(=O)NC1C(OC(=O)C[C@H](O)CCCCCCCCCCC)[C@H](O)C(CO[C@@H]2O[C@H](COC)[C@@H](OP(=O)(O)OP(=O)(O)OCCN)C(OC(=O)C[C@H](O)CCCCCCCCCCC)C2NC(=O)C[C@H](O)CCCCCCCCCCC)O[C@@H]1OP(=O)(O)O. The smallest absolute Gasteiger partial charge is 0.457 e. The number of unbranched alkanes of at least 4 members (excludes halogenated alkanes) is 32. The molecule has 32 heteroatoms. The van der Waals surface area contributed by atoms with E-state index in [-0.39, 0.29) is 32.2 Å². The number of nitrogens with two attached hydrogens (primary N) is 1. The molecule has 0 aromatic heterocycles. The molecule has 0 radical (unpaired) electrons. The first kappa shape index (κ1) is 96.9. The highest BCUT2D eigenvalue weighted by Crippen LogP contribution is 2.61. The second kappa shape index (κ2) is 57.9. The van der Waals surface area contributed by atoms with Gasteiger partial charge in [-0.15, -0.1) is 0 Å². The summed E-state index contributed by atoms with van der Waals surface area (Å²) >= 11 is 0. The lowest BCUT2D eigenvalue weighted by Gasteiger charge is -2.47. The van der Waals surface area contributed by atoms with Gasteiger partial charge in [-0.1, -0.05) is 259 Å². The van der Waals surface area contributed by atoms with Gasteiger partial charge in [0.15, 0.2) is 24.8 Å². The van der Waals surface area contributed by atoms with Gasteiger partial charge in [-0.3, -0.25) is 32.7 Å². The molecule has 7 unspecified atom stereocenters. The van der Waals surface area contributed by atoms with Crippen LogP contribution in [0.3, 0.4) is 0 Å². The predicted molar refractivity (Wildman–Crippen MR) is 388 cm³/mol. The largest absolute Gasteiger partial charge is 0.481 e. The Morgan fingerprint density at radius 2 is 0.777 bits per heavy atom. The van der Waals surface area contributed by atoms with Gasteiger partial charge < -0.3 is 89.9 Å². The number of carbonyl (C=O) groups is 4. The minimum Gasteiger partial charge on any atom is -0.457 e. The first-order valence-electron chi connectivity index (χ1n) is 39.1. The highest BCUT2D eigenvalue weighted by atomic mass is 31.3. The van der Waals surface area contributed by atoms with Crippen molar-refractivity contribution in [3.63, 3.8) is 0 Å². The average Bonchev–Trinajstić information content (AvgIpc) is 0.778. The molecule has 2 aliphatic rings. The molecular formula is C71H138N3O26P3.